The molecule has 20 heavy (non-hydrogen) atoms. The molecule has 2 heteroatoms. The summed E-state index contributed by atoms with van der Waals surface area (Å²) in [5, 5.41) is 0. The molecular formula is C18H27NO. The zero-order chi connectivity index (χ0) is 14.2. The highest BCUT2D eigenvalue weighted by atomic mass is 16.5. The van der Waals surface area contributed by atoms with Crippen molar-refractivity contribution < 1.29 is 4.74 Å². The van der Waals surface area contributed by atoms with Gasteiger partial charge in [-0.3, -0.25) is 4.90 Å². The van der Waals surface area contributed by atoms with Crippen molar-refractivity contribution in [3.8, 4) is 5.75 Å². The first-order chi connectivity index (χ1) is 9.63. The van der Waals surface area contributed by atoms with E-state index in [9.17, 15) is 0 Å². The minimum atomic E-state index is 0.757. The summed E-state index contributed by atoms with van der Waals surface area (Å²) in [6.07, 6.45) is 7.14. The quantitative estimate of drug-likeness (QED) is 0.819. The fourth-order valence-electron chi connectivity index (χ4n) is 4.05. The van der Waals surface area contributed by atoms with Crippen LogP contribution < -0.4 is 4.74 Å². The number of ether oxygens (including phenoxy) is 1. The van der Waals surface area contributed by atoms with Crippen molar-refractivity contribution in [3.63, 3.8) is 0 Å². The van der Waals surface area contributed by atoms with Crippen molar-refractivity contribution in [2.75, 3.05) is 14.2 Å². The first-order valence-corrected chi connectivity index (χ1v) is 7.96. The van der Waals surface area contributed by atoms with Gasteiger partial charge in [0.25, 0.3) is 0 Å². The molecule has 110 valence electrons. The molecule has 2 fully saturated rings. The molecule has 0 bridgehead atoms. The third-order valence-corrected chi connectivity index (χ3v) is 5.74. The molecule has 3 rings (SSSR count). The Balaban J connectivity index is 1.55. The fourth-order valence-corrected chi connectivity index (χ4v) is 4.05. The lowest BCUT2D eigenvalue weighted by atomic mass is 9.81. The highest BCUT2D eigenvalue weighted by Gasteiger charge is 2.52. The average Bonchev–Trinajstić information content (AvgIpc) is 3.08. The number of methoxy groups -OCH3 is 1. The molecule has 0 aromatic heterocycles. The molecule has 0 unspecified atom stereocenters. The first kappa shape index (κ1) is 13.9. The Bertz CT molecular complexity index is 462. The van der Waals surface area contributed by atoms with Gasteiger partial charge in [0.1, 0.15) is 5.75 Å². The molecule has 0 radical (unpaired) electrons. The van der Waals surface area contributed by atoms with Crippen molar-refractivity contribution in [2.45, 2.75) is 51.6 Å². The Kier molecular flexibility index (Phi) is 3.76. The van der Waals surface area contributed by atoms with Gasteiger partial charge in [-0.2, -0.15) is 0 Å². The number of rotatable bonds is 4. The Morgan fingerprint density at radius 2 is 2.00 bits per heavy atom. The Morgan fingerprint density at radius 3 is 2.60 bits per heavy atom. The molecule has 0 aliphatic heterocycles. The maximum atomic E-state index is 5.31. The molecule has 2 aliphatic carbocycles. The van der Waals surface area contributed by atoms with Crippen molar-refractivity contribution >= 4 is 0 Å². The number of hydrogen-bond acceptors (Lipinski definition) is 2. The summed E-state index contributed by atoms with van der Waals surface area (Å²) in [6, 6.07) is 9.22. The van der Waals surface area contributed by atoms with Gasteiger partial charge in [0.2, 0.25) is 0 Å². The monoisotopic (exact) mass is 273 g/mol. The van der Waals surface area contributed by atoms with Gasteiger partial charge in [0.05, 0.1) is 7.11 Å². The van der Waals surface area contributed by atoms with Crippen LogP contribution in [0.5, 0.6) is 5.75 Å². The van der Waals surface area contributed by atoms with Gasteiger partial charge < -0.3 is 4.74 Å². The van der Waals surface area contributed by atoms with Gasteiger partial charge in [-0.1, -0.05) is 19.1 Å². The maximum absolute atomic E-state index is 5.31. The summed E-state index contributed by atoms with van der Waals surface area (Å²) in [5.41, 5.74) is 2.11. The zero-order valence-corrected chi connectivity index (χ0v) is 13.1. The standard InChI is InChI=1S/C18H27NO/c1-14-12-18(14)9-7-16(8-10-18)19(2)13-15-5-4-6-17(11-15)20-3/h4-6,11,14,16H,7-10,12-13H2,1-3H3/t14-,16?,18?/m0/s1. The van der Waals surface area contributed by atoms with Crippen molar-refractivity contribution in [3.05, 3.63) is 29.8 Å². The number of benzene rings is 1. The van der Waals surface area contributed by atoms with E-state index in [4.69, 9.17) is 4.74 Å². The van der Waals surface area contributed by atoms with E-state index in [0.29, 0.717) is 0 Å². The predicted molar refractivity (Wildman–Crippen MR) is 82.9 cm³/mol. The highest BCUT2D eigenvalue weighted by Crippen LogP contribution is 2.61. The predicted octanol–water partition coefficient (Wildman–Crippen LogP) is 4.10. The molecule has 2 nitrogen and oxygen atoms in total. The second kappa shape index (κ2) is 5.40. The van der Waals surface area contributed by atoms with E-state index in [-0.39, 0.29) is 0 Å². The molecule has 1 aromatic rings. The largest absolute Gasteiger partial charge is 0.497 e. The van der Waals surface area contributed by atoms with E-state index in [1.54, 1.807) is 7.11 Å². The molecular weight excluding hydrogens is 246 g/mol. The van der Waals surface area contributed by atoms with Crippen molar-refractivity contribution in [1.82, 2.24) is 4.90 Å². The second-order valence-corrected chi connectivity index (χ2v) is 6.97. The van der Waals surface area contributed by atoms with Gasteiger partial charge >= 0.3 is 0 Å². The second-order valence-electron chi connectivity index (χ2n) is 6.97. The third kappa shape index (κ3) is 2.71. The smallest absolute Gasteiger partial charge is 0.119 e. The molecule has 1 aromatic carbocycles. The van der Waals surface area contributed by atoms with Crippen LogP contribution in [0.1, 0.15) is 44.6 Å². The minimum Gasteiger partial charge on any atom is -0.497 e. The molecule has 0 heterocycles. The summed E-state index contributed by atoms with van der Waals surface area (Å²) in [4.78, 5) is 2.54. The van der Waals surface area contributed by atoms with Crippen LogP contribution in [0.15, 0.2) is 24.3 Å². The maximum Gasteiger partial charge on any atom is 0.119 e. The summed E-state index contributed by atoms with van der Waals surface area (Å²) in [6.45, 7) is 3.46. The summed E-state index contributed by atoms with van der Waals surface area (Å²) >= 11 is 0. The van der Waals surface area contributed by atoms with E-state index < -0.39 is 0 Å². The molecule has 1 spiro atoms. The summed E-state index contributed by atoms with van der Waals surface area (Å²) in [7, 11) is 4.01. The van der Waals surface area contributed by atoms with Gasteiger partial charge in [-0.05, 0) is 68.2 Å². The van der Waals surface area contributed by atoms with Crippen LogP contribution in [0.25, 0.3) is 0 Å². The van der Waals surface area contributed by atoms with Crippen LogP contribution in [0.2, 0.25) is 0 Å². The van der Waals surface area contributed by atoms with Gasteiger partial charge in [0.15, 0.2) is 0 Å². The van der Waals surface area contributed by atoms with Crippen LogP contribution in [0, 0.1) is 11.3 Å². The Labute approximate surface area is 123 Å². The van der Waals surface area contributed by atoms with E-state index in [1.165, 1.54) is 37.7 Å². The number of hydrogen-bond donors (Lipinski definition) is 0. The molecule has 0 saturated heterocycles. The topological polar surface area (TPSA) is 12.5 Å². The SMILES string of the molecule is COc1cccc(CN(C)C2CCC3(CC2)C[C@@H]3C)c1. The van der Waals surface area contributed by atoms with E-state index >= 15 is 0 Å². The zero-order valence-electron chi connectivity index (χ0n) is 13.1. The lowest BCUT2D eigenvalue weighted by molar-refractivity contribution is 0.146. The van der Waals surface area contributed by atoms with Crippen LogP contribution >= 0.6 is 0 Å². The van der Waals surface area contributed by atoms with E-state index in [0.717, 1.165) is 29.7 Å². The van der Waals surface area contributed by atoms with Crippen molar-refractivity contribution in [2.24, 2.45) is 11.3 Å². The molecule has 1 atom stereocenters. The highest BCUT2D eigenvalue weighted by molar-refractivity contribution is 5.28. The van der Waals surface area contributed by atoms with Gasteiger partial charge in [-0.25, -0.2) is 0 Å². The van der Waals surface area contributed by atoms with Gasteiger partial charge in [0, 0.05) is 12.6 Å². The lowest BCUT2D eigenvalue weighted by Gasteiger charge is -2.35. The number of nitrogens with zero attached hydrogens (tertiary/aromatic N) is 1. The minimum absolute atomic E-state index is 0.757. The van der Waals surface area contributed by atoms with E-state index in [2.05, 4.69) is 37.1 Å². The Morgan fingerprint density at radius 1 is 1.30 bits per heavy atom. The lowest BCUT2D eigenvalue weighted by Crippen LogP contribution is -2.35. The van der Waals surface area contributed by atoms with Crippen LogP contribution in [0.4, 0.5) is 0 Å². The van der Waals surface area contributed by atoms with Crippen LogP contribution in [-0.4, -0.2) is 25.1 Å². The average molecular weight is 273 g/mol. The van der Waals surface area contributed by atoms with Gasteiger partial charge in [-0.15, -0.1) is 0 Å². The third-order valence-electron chi connectivity index (χ3n) is 5.74. The summed E-state index contributed by atoms with van der Waals surface area (Å²) < 4.78 is 5.31. The molecule has 0 amide bonds. The molecule has 2 aliphatic rings. The first-order valence-electron chi connectivity index (χ1n) is 7.96. The summed E-state index contributed by atoms with van der Waals surface area (Å²) in [5.74, 6) is 1.96. The molecule has 0 N–H and O–H groups in total. The van der Waals surface area contributed by atoms with Crippen LogP contribution in [-0.2, 0) is 6.54 Å². The normalized spacial score (nSPS) is 32.6. The Hall–Kier alpha value is -1.02. The van der Waals surface area contributed by atoms with Crippen molar-refractivity contribution in [1.29, 1.82) is 0 Å². The fraction of sp³-hybridized carbons (Fsp3) is 0.667. The van der Waals surface area contributed by atoms with Crippen LogP contribution in [0.3, 0.4) is 0 Å². The molecule has 2 saturated carbocycles. The van der Waals surface area contributed by atoms with E-state index in [1.807, 2.05) is 6.07 Å².